The molecule has 1 unspecified atom stereocenters. The van der Waals surface area contributed by atoms with E-state index in [1.807, 2.05) is 237 Å². The molecule has 0 fully saturated rings. The molecule has 19 aromatic rings. The number of hydrogen-bond donors (Lipinski definition) is 9. The maximum absolute atomic E-state index is 15.9. The van der Waals surface area contributed by atoms with E-state index in [0.29, 0.717) is 137 Å². The first-order chi connectivity index (χ1) is 62.3. The summed E-state index contributed by atoms with van der Waals surface area (Å²) in [6.45, 7) is 2.38. The first-order valence-electron chi connectivity index (χ1n) is 41.1. The second-order valence-corrected chi connectivity index (χ2v) is 30.5. The number of ether oxygens (including phenoxy) is 3. The van der Waals surface area contributed by atoms with Gasteiger partial charge in [0.05, 0.1) is 51.7 Å². The number of carbonyl (C=O) groups excluding carboxylic acids is 2. The lowest BCUT2D eigenvalue weighted by atomic mass is 9.91. The lowest BCUT2D eigenvalue weighted by Crippen LogP contribution is -2.39. The Morgan fingerprint density at radius 3 is 1.52 bits per heavy atom. The van der Waals surface area contributed by atoms with Gasteiger partial charge in [0.15, 0.2) is 12.5 Å². The Kier molecular flexibility index (Phi) is 20.8. The van der Waals surface area contributed by atoms with Gasteiger partial charge in [0, 0.05) is 59.8 Å². The van der Waals surface area contributed by atoms with Crippen LogP contribution >= 0.6 is 0 Å². The van der Waals surface area contributed by atoms with Gasteiger partial charge in [-0.15, -0.1) is 5.10 Å². The van der Waals surface area contributed by atoms with Crippen LogP contribution in [-0.4, -0.2) is 118 Å². The van der Waals surface area contributed by atoms with Crippen LogP contribution in [0.15, 0.2) is 304 Å². The molecule has 11 heterocycles. The van der Waals surface area contributed by atoms with Crippen LogP contribution in [0.1, 0.15) is 28.7 Å². The summed E-state index contributed by atoms with van der Waals surface area (Å²) in [4.78, 5) is 95.1. The number of hydrogen-bond acceptors (Lipinski definition) is 22. The number of H-pyrrole nitrogens is 3. The van der Waals surface area contributed by atoms with Gasteiger partial charge in [0.1, 0.15) is 81.4 Å². The summed E-state index contributed by atoms with van der Waals surface area (Å²) in [5.74, 6) is 0.313. The Labute approximate surface area is 721 Å². The first kappa shape index (κ1) is 78.4. The summed E-state index contributed by atoms with van der Waals surface area (Å²) in [5, 5.41) is 45.3. The molecule has 1 aliphatic rings. The Morgan fingerprint density at radius 1 is 0.496 bits per heavy atom. The monoisotopic (exact) mass is 1680 g/mol. The van der Waals surface area contributed by atoms with Crippen molar-refractivity contribution in [3.05, 3.63) is 334 Å². The third kappa shape index (κ3) is 15.2. The minimum absolute atomic E-state index is 0.0355. The van der Waals surface area contributed by atoms with Gasteiger partial charge in [-0.2, -0.15) is 33.9 Å². The van der Waals surface area contributed by atoms with E-state index in [2.05, 4.69) is 56.7 Å². The van der Waals surface area contributed by atoms with Crippen LogP contribution in [0.3, 0.4) is 0 Å². The number of nitrogens with zero attached hydrogens (tertiary/aromatic N) is 12. The summed E-state index contributed by atoms with van der Waals surface area (Å²) in [6, 6.07) is 81.8. The Morgan fingerprint density at radius 2 is 0.984 bits per heavy atom. The molecule has 0 saturated carbocycles. The summed E-state index contributed by atoms with van der Waals surface area (Å²) in [7, 11) is 1.57. The number of anilines is 7. The van der Waals surface area contributed by atoms with Gasteiger partial charge in [0.25, 0.3) is 16.7 Å². The van der Waals surface area contributed by atoms with Crippen molar-refractivity contribution >= 4 is 80.5 Å². The SMILES string of the molecule is COc1ccc(-c2c(Nc3ccn(COC(=O)[C@@H](N)C(C)Cc4cc(-c5c(Nc6nnc(C(=O)NCCc7cc(-c8c(Nc9ccccn9)[nH]c9c(-c%10ccccc%10)c(-c%10ccccc%10)nn9c8=O)cc8c7OCCN8)o6)[nH]c6c(-c7ccccc7)c(-c7ccccc7)nn6c5=O)cc5cccnc45)n3)[nH]c3c(-c4ccccc4)c(-c4ccccc4)nn3c2=O)cc1. The highest BCUT2D eigenvalue weighted by Crippen LogP contribution is 2.44. The Bertz CT molecular complexity index is 7570. The minimum Gasteiger partial charge on any atom is -0.497 e. The molecule has 1 aliphatic heterocycles. The van der Waals surface area contributed by atoms with Crippen LogP contribution in [-0.2, 0) is 29.1 Å². The van der Waals surface area contributed by atoms with Gasteiger partial charge in [-0.05, 0) is 118 Å². The smallest absolute Gasteiger partial charge is 0.324 e. The van der Waals surface area contributed by atoms with Crippen LogP contribution in [0.5, 0.6) is 11.5 Å². The molecule has 0 bridgehead atoms. The number of rotatable bonds is 26. The molecule has 2 atom stereocenters. The normalized spacial score (nSPS) is 12.3. The largest absolute Gasteiger partial charge is 0.497 e. The molecule has 0 aliphatic carbocycles. The van der Waals surface area contributed by atoms with Gasteiger partial charge in [0.2, 0.25) is 0 Å². The third-order valence-electron chi connectivity index (χ3n) is 22.4. The second kappa shape index (κ2) is 33.7. The molecule has 127 heavy (non-hydrogen) atoms. The maximum atomic E-state index is 15.9. The summed E-state index contributed by atoms with van der Waals surface area (Å²) in [6.07, 6.45) is 5.33. The van der Waals surface area contributed by atoms with Crippen molar-refractivity contribution in [2.45, 2.75) is 32.5 Å². The van der Waals surface area contributed by atoms with Gasteiger partial charge in [-0.25, -0.2) is 9.67 Å². The van der Waals surface area contributed by atoms with E-state index in [1.54, 1.807) is 62.1 Å². The average molecular weight is 1680 g/mol. The van der Waals surface area contributed by atoms with Crippen LogP contribution in [0.4, 0.5) is 40.8 Å². The van der Waals surface area contributed by atoms with Gasteiger partial charge >= 0.3 is 23.8 Å². The van der Waals surface area contributed by atoms with E-state index in [-0.39, 0.29) is 54.6 Å². The number of fused-ring (bicyclic) bond motifs is 5. The number of aromatic amines is 3. The number of methoxy groups -OCH3 is 1. The van der Waals surface area contributed by atoms with Crippen LogP contribution in [0.25, 0.3) is 128 Å². The van der Waals surface area contributed by atoms with Crippen LogP contribution in [0, 0.1) is 5.92 Å². The fourth-order valence-corrected chi connectivity index (χ4v) is 16.3. The summed E-state index contributed by atoms with van der Waals surface area (Å²) >= 11 is 0. The predicted octanol–water partition coefficient (Wildman–Crippen LogP) is 15.9. The van der Waals surface area contributed by atoms with Crippen molar-refractivity contribution in [3.63, 3.8) is 0 Å². The van der Waals surface area contributed by atoms with Crippen molar-refractivity contribution in [2.75, 3.05) is 48.1 Å². The number of carbonyl (C=O) groups is 2. The van der Waals surface area contributed by atoms with E-state index in [1.165, 1.54) is 18.2 Å². The molecule has 1 amide bonds. The zero-order valence-electron chi connectivity index (χ0n) is 68.2. The molecule has 0 spiro atoms. The average Bonchev–Trinajstić information content (AvgIpc) is 1.57. The van der Waals surface area contributed by atoms with E-state index in [0.717, 1.165) is 38.9 Å². The molecule has 0 radical (unpaired) electrons. The first-order valence-corrected chi connectivity index (χ1v) is 41.1. The third-order valence-corrected chi connectivity index (χ3v) is 22.4. The lowest BCUT2D eigenvalue weighted by Gasteiger charge is -2.24. The fourth-order valence-electron chi connectivity index (χ4n) is 16.3. The van der Waals surface area contributed by atoms with Gasteiger partial charge < -0.3 is 60.6 Å². The van der Waals surface area contributed by atoms with Gasteiger partial charge in [-0.1, -0.05) is 218 Å². The zero-order chi connectivity index (χ0) is 86.2. The number of pyridine rings is 2. The van der Waals surface area contributed by atoms with Crippen molar-refractivity contribution in [3.8, 4) is 112 Å². The maximum Gasteiger partial charge on any atom is 0.324 e. The van der Waals surface area contributed by atoms with Crippen molar-refractivity contribution in [1.29, 1.82) is 0 Å². The molecule has 9 aromatic carbocycles. The molecular formula is C97H77N21O9. The Balaban J connectivity index is 0.585. The van der Waals surface area contributed by atoms with E-state index >= 15 is 9.59 Å². The summed E-state index contributed by atoms with van der Waals surface area (Å²) in [5.41, 5.74) is 19.9. The van der Waals surface area contributed by atoms with Crippen molar-refractivity contribution < 1.29 is 28.2 Å². The number of esters is 1. The number of benzene rings is 9. The highest BCUT2D eigenvalue weighted by molar-refractivity contribution is 5.98. The number of nitrogens with one attached hydrogen (secondary N) is 8. The minimum atomic E-state index is -1.18. The molecular weight excluding hydrogens is 1600 g/mol. The number of amides is 1. The number of aromatic nitrogens is 15. The molecule has 30 heteroatoms. The fraction of sp³-hybridized carbons (Fsp3) is 0.103. The quantitative estimate of drug-likeness (QED) is 0.0227. The van der Waals surface area contributed by atoms with Gasteiger partial charge in [-0.3, -0.25) is 34.3 Å². The second-order valence-electron chi connectivity index (χ2n) is 30.5. The standard InChI is InChI=1S/C97H77N21O9/c1-56(79(98)96(123)126-55-115-48-43-72(111-115)104-85-76(60-38-40-69(124-2)41-39-60)93(120)116-88(105-85)73(57-24-9-3-10-25-57)81(112-116)61-30-15-6-16-31-61)50-68-53-66(51-64-36-23-45-101-80(64)68)77-87(107-90-75(59-28-13-5-14-29-59)83(114-118(90)94(77)121)63-34-19-8-20-35-63)108-97-110-109-92(127-97)91(119)102-46-42-65-52-67(54-70-84(65)125-49-47-99-70)78-86(103-71-37-21-22-44-100-71)106-89-74(58-26-11-4-12-27-58)82(113-117(89)95(78)122)62-32-17-7-18-33-62/h3-41,43-45,48,51-54,56,79,99,105-107H,42,46-47,49-50,55,98H2,1-2H3,(H,100,103)(H,102,119)(H,104,111)(H,108,110)/t56?,79-/m0/s1. The highest BCUT2D eigenvalue weighted by Gasteiger charge is 2.32. The predicted molar refractivity (Wildman–Crippen MR) is 486 cm³/mol. The van der Waals surface area contributed by atoms with E-state index in [4.69, 9.17) is 49.7 Å². The van der Waals surface area contributed by atoms with Crippen LogP contribution < -0.4 is 58.5 Å². The molecule has 10 aromatic heterocycles. The molecule has 624 valence electrons. The topological polar surface area (TPSA) is 381 Å². The molecule has 20 rings (SSSR count). The zero-order valence-corrected chi connectivity index (χ0v) is 68.2. The molecule has 0 saturated heterocycles. The van der Waals surface area contributed by atoms with Crippen molar-refractivity contribution in [1.82, 2.24) is 79.1 Å². The van der Waals surface area contributed by atoms with E-state index < -0.39 is 46.4 Å². The van der Waals surface area contributed by atoms with Crippen molar-refractivity contribution in [2.24, 2.45) is 11.7 Å². The summed E-state index contributed by atoms with van der Waals surface area (Å²) < 4.78 is 29.5. The lowest BCUT2D eigenvalue weighted by molar-refractivity contribution is -0.150. The van der Waals surface area contributed by atoms with E-state index in [9.17, 15) is 14.4 Å². The molecule has 10 N–H and O–H groups in total. The highest BCUT2D eigenvalue weighted by atomic mass is 16.5. The number of nitrogens with two attached hydrogens (primary N) is 1. The van der Waals surface area contributed by atoms with Crippen LogP contribution in [0.2, 0.25) is 0 Å². The molecule has 30 nitrogen and oxygen atoms in total. The Hall–Kier alpha value is -17.2.